The van der Waals surface area contributed by atoms with Crippen molar-refractivity contribution in [2.24, 2.45) is 0 Å². The molecule has 0 aliphatic carbocycles. The zero-order valence-electron chi connectivity index (χ0n) is 12.2. The van der Waals surface area contributed by atoms with Gasteiger partial charge in [-0.05, 0) is 38.3 Å². The minimum Gasteiger partial charge on any atom is -0.481 e. The van der Waals surface area contributed by atoms with Crippen LogP contribution in [0.3, 0.4) is 0 Å². The summed E-state index contributed by atoms with van der Waals surface area (Å²) in [5.74, 6) is 0.665. The Bertz CT molecular complexity index is 424. The second kappa shape index (κ2) is 7.29. The molecule has 0 bridgehead atoms. The van der Waals surface area contributed by atoms with Gasteiger partial charge in [0.2, 0.25) is 0 Å². The highest BCUT2D eigenvalue weighted by atomic mass is 16.5. The lowest BCUT2D eigenvalue weighted by Gasteiger charge is -2.18. The Morgan fingerprint density at radius 2 is 2.20 bits per heavy atom. The van der Waals surface area contributed by atoms with Crippen molar-refractivity contribution in [1.82, 2.24) is 5.32 Å². The van der Waals surface area contributed by atoms with Gasteiger partial charge in [-0.15, -0.1) is 0 Å². The Labute approximate surface area is 120 Å². The van der Waals surface area contributed by atoms with Crippen molar-refractivity contribution < 1.29 is 14.3 Å². The molecule has 1 fully saturated rings. The maximum absolute atomic E-state index is 12.1. The molecule has 4 nitrogen and oxygen atoms in total. The molecule has 2 atom stereocenters. The molecule has 1 N–H and O–H groups in total. The van der Waals surface area contributed by atoms with Crippen LogP contribution in [-0.2, 0) is 9.53 Å². The van der Waals surface area contributed by atoms with Crippen LogP contribution in [0, 0.1) is 6.92 Å². The van der Waals surface area contributed by atoms with Gasteiger partial charge in [0, 0.05) is 13.2 Å². The SMILES string of the molecule is CCC(Oc1ccc(C)cc1)C(=O)NCC1CCCO1. The molecule has 2 unspecified atom stereocenters. The third-order valence-corrected chi connectivity index (χ3v) is 3.49. The fourth-order valence-corrected chi connectivity index (χ4v) is 2.24. The van der Waals surface area contributed by atoms with Crippen LogP contribution in [0.15, 0.2) is 24.3 Å². The zero-order valence-corrected chi connectivity index (χ0v) is 12.2. The van der Waals surface area contributed by atoms with Crippen LogP contribution >= 0.6 is 0 Å². The van der Waals surface area contributed by atoms with Gasteiger partial charge in [0.05, 0.1) is 6.10 Å². The largest absolute Gasteiger partial charge is 0.481 e. The summed E-state index contributed by atoms with van der Waals surface area (Å²) in [6.45, 7) is 5.35. The quantitative estimate of drug-likeness (QED) is 0.869. The number of carbonyl (C=O) groups excluding carboxylic acids is 1. The molecule has 1 amide bonds. The van der Waals surface area contributed by atoms with Crippen molar-refractivity contribution in [2.45, 2.75) is 45.3 Å². The van der Waals surface area contributed by atoms with Crippen LogP contribution < -0.4 is 10.1 Å². The van der Waals surface area contributed by atoms with Crippen molar-refractivity contribution >= 4 is 5.91 Å². The van der Waals surface area contributed by atoms with Gasteiger partial charge in [0.25, 0.3) is 5.91 Å². The summed E-state index contributed by atoms with van der Waals surface area (Å²) in [7, 11) is 0. The standard InChI is InChI=1S/C16H23NO3/c1-3-15(20-13-8-6-12(2)7-9-13)16(18)17-11-14-5-4-10-19-14/h6-9,14-15H,3-5,10-11H2,1-2H3,(H,17,18). The maximum atomic E-state index is 12.1. The average Bonchev–Trinajstić information content (AvgIpc) is 2.97. The predicted octanol–water partition coefficient (Wildman–Crippen LogP) is 2.45. The average molecular weight is 277 g/mol. The van der Waals surface area contributed by atoms with E-state index in [1.54, 1.807) is 0 Å². The smallest absolute Gasteiger partial charge is 0.261 e. The van der Waals surface area contributed by atoms with E-state index in [0.717, 1.165) is 25.2 Å². The lowest BCUT2D eigenvalue weighted by molar-refractivity contribution is -0.128. The van der Waals surface area contributed by atoms with Crippen molar-refractivity contribution in [3.63, 3.8) is 0 Å². The molecule has 20 heavy (non-hydrogen) atoms. The van der Waals surface area contributed by atoms with Crippen LogP contribution in [0.25, 0.3) is 0 Å². The second-order valence-corrected chi connectivity index (χ2v) is 5.21. The molecule has 2 rings (SSSR count). The number of hydrogen-bond donors (Lipinski definition) is 1. The molecule has 1 aromatic carbocycles. The summed E-state index contributed by atoms with van der Waals surface area (Å²) in [6, 6.07) is 7.75. The molecule has 4 heteroatoms. The Hall–Kier alpha value is -1.55. The van der Waals surface area contributed by atoms with E-state index in [9.17, 15) is 4.79 Å². The van der Waals surface area contributed by atoms with Crippen molar-refractivity contribution in [1.29, 1.82) is 0 Å². The number of benzene rings is 1. The Balaban J connectivity index is 1.83. The summed E-state index contributed by atoms with van der Waals surface area (Å²) in [5, 5.41) is 2.92. The Morgan fingerprint density at radius 1 is 1.45 bits per heavy atom. The van der Waals surface area contributed by atoms with Crippen molar-refractivity contribution in [2.75, 3.05) is 13.2 Å². The summed E-state index contributed by atoms with van der Waals surface area (Å²) < 4.78 is 11.2. The fraction of sp³-hybridized carbons (Fsp3) is 0.562. The van der Waals surface area contributed by atoms with Gasteiger partial charge in [-0.1, -0.05) is 24.6 Å². The lowest BCUT2D eigenvalue weighted by Crippen LogP contribution is -2.41. The monoisotopic (exact) mass is 277 g/mol. The molecule has 110 valence electrons. The van der Waals surface area contributed by atoms with E-state index in [0.29, 0.717) is 13.0 Å². The number of ether oxygens (including phenoxy) is 2. The summed E-state index contributed by atoms with van der Waals surface area (Å²) in [6.07, 6.45) is 2.47. The number of aryl methyl sites for hydroxylation is 1. The van der Waals surface area contributed by atoms with Gasteiger partial charge in [-0.2, -0.15) is 0 Å². The van der Waals surface area contributed by atoms with Gasteiger partial charge in [0.15, 0.2) is 6.10 Å². The minimum atomic E-state index is -0.445. The first-order chi connectivity index (χ1) is 9.69. The molecule has 0 saturated carbocycles. The van der Waals surface area contributed by atoms with Crippen molar-refractivity contribution in [3.05, 3.63) is 29.8 Å². The third-order valence-electron chi connectivity index (χ3n) is 3.49. The van der Waals surface area contributed by atoms with E-state index in [-0.39, 0.29) is 12.0 Å². The molecule has 0 spiro atoms. The zero-order chi connectivity index (χ0) is 14.4. The molecule has 1 heterocycles. The van der Waals surface area contributed by atoms with Gasteiger partial charge in [0.1, 0.15) is 5.75 Å². The predicted molar refractivity (Wildman–Crippen MR) is 77.9 cm³/mol. The van der Waals surface area contributed by atoms with Crippen LogP contribution in [-0.4, -0.2) is 31.3 Å². The van der Waals surface area contributed by atoms with Gasteiger partial charge in [-0.25, -0.2) is 0 Å². The van der Waals surface area contributed by atoms with E-state index in [2.05, 4.69) is 5.32 Å². The Kier molecular flexibility index (Phi) is 5.41. The van der Waals surface area contributed by atoms with E-state index in [1.165, 1.54) is 5.56 Å². The number of rotatable bonds is 6. The normalized spacial score (nSPS) is 19.6. The topological polar surface area (TPSA) is 47.6 Å². The first-order valence-electron chi connectivity index (χ1n) is 7.31. The van der Waals surface area contributed by atoms with Crippen LogP contribution in [0.2, 0.25) is 0 Å². The summed E-state index contributed by atoms with van der Waals surface area (Å²) in [4.78, 5) is 12.1. The summed E-state index contributed by atoms with van der Waals surface area (Å²) in [5.41, 5.74) is 1.17. The van der Waals surface area contributed by atoms with E-state index in [1.807, 2.05) is 38.1 Å². The van der Waals surface area contributed by atoms with Crippen LogP contribution in [0.5, 0.6) is 5.75 Å². The van der Waals surface area contributed by atoms with Crippen LogP contribution in [0.4, 0.5) is 0 Å². The third kappa shape index (κ3) is 4.23. The van der Waals surface area contributed by atoms with E-state index in [4.69, 9.17) is 9.47 Å². The van der Waals surface area contributed by atoms with Crippen LogP contribution in [0.1, 0.15) is 31.7 Å². The number of carbonyl (C=O) groups is 1. The minimum absolute atomic E-state index is 0.0661. The molecule has 0 radical (unpaired) electrons. The first kappa shape index (κ1) is 14.9. The molecule has 1 aliphatic rings. The fourth-order valence-electron chi connectivity index (χ4n) is 2.24. The number of hydrogen-bond acceptors (Lipinski definition) is 3. The molecule has 0 aromatic heterocycles. The highest BCUT2D eigenvalue weighted by Gasteiger charge is 2.21. The van der Waals surface area contributed by atoms with Gasteiger partial charge in [-0.3, -0.25) is 4.79 Å². The van der Waals surface area contributed by atoms with Gasteiger partial charge < -0.3 is 14.8 Å². The lowest BCUT2D eigenvalue weighted by atomic mass is 10.2. The molecule has 1 saturated heterocycles. The molecular weight excluding hydrogens is 254 g/mol. The molecule has 1 aromatic rings. The maximum Gasteiger partial charge on any atom is 0.261 e. The second-order valence-electron chi connectivity index (χ2n) is 5.21. The first-order valence-corrected chi connectivity index (χ1v) is 7.31. The van der Waals surface area contributed by atoms with Crippen molar-refractivity contribution in [3.8, 4) is 5.75 Å². The van der Waals surface area contributed by atoms with E-state index >= 15 is 0 Å². The molecular formula is C16H23NO3. The van der Waals surface area contributed by atoms with E-state index < -0.39 is 6.10 Å². The van der Waals surface area contributed by atoms with Gasteiger partial charge >= 0.3 is 0 Å². The highest BCUT2D eigenvalue weighted by molar-refractivity contribution is 5.81. The molecule has 1 aliphatic heterocycles. The Morgan fingerprint density at radius 3 is 2.80 bits per heavy atom. The number of nitrogens with one attached hydrogen (secondary N) is 1. The highest BCUT2D eigenvalue weighted by Crippen LogP contribution is 2.15. The summed E-state index contributed by atoms with van der Waals surface area (Å²) >= 11 is 0. The number of amides is 1.